The second-order valence-corrected chi connectivity index (χ2v) is 15.9. The van der Waals surface area contributed by atoms with Gasteiger partial charge >= 0.3 is 6.03 Å². The number of urea groups is 1. The minimum atomic E-state index is -1.08. The van der Waals surface area contributed by atoms with Crippen molar-refractivity contribution in [1.29, 1.82) is 0 Å². The van der Waals surface area contributed by atoms with E-state index in [-0.39, 0.29) is 25.4 Å². The maximum Gasteiger partial charge on any atom is 0.315 e. The van der Waals surface area contributed by atoms with Gasteiger partial charge in [-0.2, -0.15) is 5.10 Å². The van der Waals surface area contributed by atoms with Crippen molar-refractivity contribution in [3.8, 4) is 17.3 Å². The molecule has 1 aromatic carbocycles. The number of Topliss-reactive ketones (excluding diaryl/α,β-unsaturated/α-hetero) is 1. The number of aromatic nitrogens is 3. The number of hydrogen-bond donors (Lipinski definition) is 4. The Hall–Kier alpha value is -5.21. The Balaban J connectivity index is 1.48. The SMILES string of the molecule is CCC[C@@H](NC(=O)C1C[C@@H](Oc2cc(-n3cccn3)nc3cc(OC)ccc23)CN1C(=O)[C@@H](NC(=O)NC(C)(C)C)C(C)(C)C)C(=O)C(=O)NC1CC1. The van der Waals surface area contributed by atoms with E-state index in [2.05, 4.69) is 26.4 Å². The van der Waals surface area contributed by atoms with E-state index in [4.69, 9.17) is 14.5 Å². The number of fused-ring (bicyclic) bond motifs is 1. The highest BCUT2D eigenvalue weighted by Gasteiger charge is 2.47. The third kappa shape index (κ3) is 9.82. The molecule has 1 unspecified atom stereocenters. The van der Waals surface area contributed by atoms with Crippen LogP contribution in [0.2, 0.25) is 0 Å². The number of amides is 5. The van der Waals surface area contributed by atoms with Crippen molar-refractivity contribution in [2.24, 2.45) is 5.41 Å². The molecule has 5 rings (SSSR count). The molecule has 15 heteroatoms. The Morgan fingerprint density at radius 3 is 2.36 bits per heavy atom. The van der Waals surface area contributed by atoms with Crippen LogP contribution >= 0.6 is 0 Å². The monoisotopic (exact) mass is 732 g/mol. The van der Waals surface area contributed by atoms with Gasteiger partial charge in [0.1, 0.15) is 29.7 Å². The number of pyridine rings is 1. The van der Waals surface area contributed by atoms with Crippen molar-refractivity contribution in [2.75, 3.05) is 13.7 Å². The van der Waals surface area contributed by atoms with Crippen molar-refractivity contribution in [3.05, 3.63) is 42.7 Å². The lowest BCUT2D eigenvalue weighted by molar-refractivity contribution is -0.144. The van der Waals surface area contributed by atoms with Gasteiger partial charge in [-0.3, -0.25) is 19.2 Å². The fourth-order valence-corrected chi connectivity index (χ4v) is 6.25. The molecule has 4 atom stereocenters. The molecule has 0 radical (unpaired) electrons. The van der Waals surface area contributed by atoms with Crippen LogP contribution in [0.5, 0.6) is 11.5 Å². The van der Waals surface area contributed by atoms with Gasteiger partial charge in [0, 0.05) is 47.9 Å². The van der Waals surface area contributed by atoms with Gasteiger partial charge in [-0.25, -0.2) is 14.5 Å². The van der Waals surface area contributed by atoms with Crippen molar-refractivity contribution in [2.45, 2.75) is 116 Å². The zero-order valence-corrected chi connectivity index (χ0v) is 31.8. The summed E-state index contributed by atoms with van der Waals surface area (Å²) < 4.78 is 13.7. The number of likely N-dealkylation sites (tertiary alicyclic amines) is 1. The lowest BCUT2D eigenvalue weighted by Gasteiger charge is -2.36. The molecule has 286 valence electrons. The number of rotatable bonds is 13. The third-order valence-corrected chi connectivity index (χ3v) is 9.07. The first-order valence-electron chi connectivity index (χ1n) is 18.2. The molecule has 2 aliphatic rings. The van der Waals surface area contributed by atoms with Crippen LogP contribution in [0.3, 0.4) is 0 Å². The quantitative estimate of drug-likeness (QED) is 0.191. The van der Waals surface area contributed by atoms with Gasteiger partial charge in [-0.1, -0.05) is 34.1 Å². The van der Waals surface area contributed by atoms with Gasteiger partial charge in [0.2, 0.25) is 17.6 Å². The molecule has 4 N–H and O–H groups in total. The summed E-state index contributed by atoms with van der Waals surface area (Å²) in [6.45, 7) is 12.8. The fraction of sp³-hybridized carbons (Fsp3) is 0.553. The minimum absolute atomic E-state index is 0.00228. The van der Waals surface area contributed by atoms with Gasteiger partial charge < -0.3 is 35.6 Å². The number of nitrogens with one attached hydrogen (secondary N) is 4. The molecule has 15 nitrogen and oxygen atoms in total. The van der Waals surface area contributed by atoms with Gasteiger partial charge in [0.15, 0.2) is 5.82 Å². The van der Waals surface area contributed by atoms with Crippen molar-refractivity contribution < 1.29 is 33.4 Å². The molecule has 1 aliphatic heterocycles. The number of ketones is 1. The maximum atomic E-state index is 14.6. The number of benzene rings is 1. The molecule has 0 spiro atoms. The lowest BCUT2D eigenvalue weighted by Crippen LogP contribution is -2.61. The number of hydrogen-bond acceptors (Lipinski definition) is 9. The Kier molecular flexibility index (Phi) is 11.6. The van der Waals surface area contributed by atoms with E-state index in [9.17, 15) is 24.0 Å². The molecule has 3 aromatic rings. The second-order valence-electron chi connectivity index (χ2n) is 15.9. The molecule has 1 aliphatic carbocycles. The number of methoxy groups -OCH3 is 1. The summed E-state index contributed by atoms with van der Waals surface area (Å²) in [6.07, 6.45) is 5.17. The van der Waals surface area contributed by atoms with Crippen LogP contribution in [0.4, 0.5) is 4.79 Å². The van der Waals surface area contributed by atoms with E-state index in [1.165, 1.54) is 4.90 Å². The third-order valence-electron chi connectivity index (χ3n) is 9.07. The van der Waals surface area contributed by atoms with E-state index in [0.717, 1.165) is 12.8 Å². The predicted molar refractivity (Wildman–Crippen MR) is 198 cm³/mol. The second kappa shape index (κ2) is 15.8. The van der Waals surface area contributed by atoms with Crippen LogP contribution in [0.1, 0.15) is 80.6 Å². The smallest absolute Gasteiger partial charge is 0.315 e. The Bertz CT molecular complexity index is 1830. The van der Waals surface area contributed by atoms with Crippen LogP contribution in [0.15, 0.2) is 42.7 Å². The van der Waals surface area contributed by atoms with E-state index in [1.54, 1.807) is 48.5 Å². The summed E-state index contributed by atoms with van der Waals surface area (Å²) in [6, 6.07) is 5.17. The average molecular weight is 733 g/mol. The molecule has 2 aromatic heterocycles. The van der Waals surface area contributed by atoms with E-state index in [1.807, 2.05) is 54.5 Å². The van der Waals surface area contributed by atoms with Gasteiger partial charge in [0.05, 0.1) is 25.2 Å². The number of nitrogens with zero attached hydrogens (tertiary/aromatic N) is 4. The van der Waals surface area contributed by atoms with E-state index in [0.29, 0.717) is 34.6 Å². The summed E-state index contributed by atoms with van der Waals surface area (Å²) in [5.41, 5.74) is -0.740. The van der Waals surface area contributed by atoms with Gasteiger partial charge in [-0.05, 0) is 63.6 Å². The van der Waals surface area contributed by atoms with Crippen LogP contribution in [-0.2, 0) is 19.2 Å². The number of carbonyl (C=O) groups is 5. The molecule has 0 bridgehead atoms. The molecule has 5 amide bonds. The van der Waals surface area contributed by atoms with Gasteiger partial charge in [0.25, 0.3) is 5.91 Å². The first-order valence-corrected chi connectivity index (χ1v) is 18.2. The summed E-state index contributed by atoms with van der Waals surface area (Å²) in [5.74, 6) is -1.01. The molecule has 53 heavy (non-hydrogen) atoms. The van der Waals surface area contributed by atoms with E-state index < -0.39 is 64.7 Å². The standard InChI is InChI=1S/C38H52N8O7/c1-9-11-26(31(47)34(49)40-22-12-13-22)42-33(48)28-19-24(21-45(28)35(50)32(37(2,3)4)43-36(51)44-38(5,6)7)53-29-20-30(46-17-10-16-39-46)41-27-18-23(52-8)14-15-25(27)29/h10,14-18,20,22,24,26,28,32H,9,11-13,19,21H2,1-8H3,(H,40,49)(H,42,48)(H2,43,44,51)/t24-,26-,28?,32-/m1/s1. The van der Waals surface area contributed by atoms with Crippen LogP contribution in [-0.4, -0.2) is 98.7 Å². The predicted octanol–water partition coefficient (Wildman–Crippen LogP) is 3.42. The van der Waals surface area contributed by atoms with Crippen LogP contribution < -0.4 is 30.7 Å². The Labute approximate surface area is 309 Å². The van der Waals surface area contributed by atoms with Crippen LogP contribution in [0.25, 0.3) is 16.7 Å². The highest BCUT2D eigenvalue weighted by Crippen LogP contribution is 2.34. The van der Waals surface area contributed by atoms with Crippen molar-refractivity contribution >= 4 is 40.4 Å². The largest absolute Gasteiger partial charge is 0.497 e. The number of carbonyl (C=O) groups excluding carboxylic acids is 5. The first kappa shape index (κ1) is 39.0. The minimum Gasteiger partial charge on any atom is -0.497 e. The van der Waals surface area contributed by atoms with Crippen molar-refractivity contribution in [1.82, 2.24) is 40.9 Å². The number of ether oxygens (including phenoxy) is 2. The summed E-state index contributed by atoms with van der Waals surface area (Å²) in [7, 11) is 1.57. The Morgan fingerprint density at radius 1 is 1.02 bits per heavy atom. The summed E-state index contributed by atoms with van der Waals surface area (Å²) >= 11 is 0. The first-order chi connectivity index (χ1) is 25.0. The van der Waals surface area contributed by atoms with Crippen LogP contribution in [0, 0.1) is 5.41 Å². The summed E-state index contributed by atoms with van der Waals surface area (Å²) in [5, 5.41) is 16.2. The summed E-state index contributed by atoms with van der Waals surface area (Å²) in [4.78, 5) is 74.0. The molecule has 1 saturated carbocycles. The normalized spacial score (nSPS) is 18.5. The molecule has 2 fully saturated rings. The van der Waals surface area contributed by atoms with E-state index >= 15 is 0 Å². The Morgan fingerprint density at radius 2 is 1.75 bits per heavy atom. The van der Waals surface area contributed by atoms with Gasteiger partial charge in [-0.15, -0.1) is 0 Å². The molecular formula is C38H52N8O7. The van der Waals surface area contributed by atoms with Crippen molar-refractivity contribution in [3.63, 3.8) is 0 Å². The lowest BCUT2D eigenvalue weighted by atomic mass is 9.85. The average Bonchev–Trinajstić information content (AvgIpc) is 3.53. The highest BCUT2D eigenvalue weighted by molar-refractivity contribution is 6.38. The molecule has 1 saturated heterocycles. The zero-order chi connectivity index (χ0) is 38.7. The molecular weight excluding hydrogens is 680 g/mol. The zero-order valence-electron chi connectivity index (χ0n) is 31.8. The maximum absolute atomic E-state index is 14.6. The molecule has 3 heterocycles. The highest BCUT2D eigenvalue weighted by atomic mass is 16.5. The topological polar surface area (TPSA) is 186 Å². The fourth-order valence-electron chi connectivity index (χ4n) is 6.25.